The van der Waals surface area contributed by atoms with Crippen LogP contribution in [-0.2, 0) is 4.79 Å². The molecule has 0 aliphatic heterocycles. The molecule has 0 heterocycles. The summed E-state index contributed by atoms with van der Waals surface area (Å²) >= 11 is 1.55. The number of hydrogen-bond acceptors (Lipinski definition) is 4. The Morgan fingerprint density at radius 1 is 1.39 bits per heavy atom. The molecule has 0 rings (SSSR count). The lowest BCUT2D eigenvalue weighted by Gasteiger charge is -2.21. The average molecular weight is 277 g/mol. The van der Waals surface area contributed by atoms with Crippen LogP contribution in [0.2, 0.25) is 0 Å². The molecule has 3 N–H and O–H groups in total. The number of aliphatic carboxylic acids is 1. The minimum atomic E-state index is -1.00. The minimum absolute atomic E-state index is 0.199. The summed E-state index contributed by atoms with van der Waals surface area (Å²) in [6, 6.07) is -1.06. The number of urea groups is 1. The molecule has 0 bridgehead atoms. The molecule has 2 atom stereocenters. The summed E-state index contributed by atoms with van der Waals surface area (Å²) in [6.07, 6.45) is 2.32. The van der Waals surface area contributed by atoms with Gasteiger partial charge in [-0.1, -0.05) is 0 Å². The third kappa shape index (κ3) is 7.39. The van der Waals surface area contributed by atoms with Gasteiger partial charge in [0, 0.05) is 12.6 Å². The molecule has 0 aromatic carbocycles. The SMILES string of the molecule is CSCCC(NC(=O)NCC(C)N(C)C)C(=O)O. The van der Waals surface area contributed by atoms with Crippen molar-refractivity contribution < 1.29 is 14.7 Å². The van der Waals surface area contributed by atoms with E-state index in [0.717, 1.165) is 0 Å². The van der Waals surface area contributed by atoms with Crippen molar-refractivity contribution in [2.45, 2.75) is 25.4 Å². The smallest absolute Gasteiger partial charge is 0.326 e. The van der Waals surface area contributed by atoms with Gasteiger partial charge in [-0.15, -0.1) is 0 Å². The predicted octanol–water partition coefficient (Wildman–Crippen LogP) is 0.442. The standard InChI is InChI=1S/C11H23N3O3S/c1-8(14(2)3)7-12-11(17)13-9(10(15)16)5-6-18-4/h8-9H,5-7H2,1-4H3,(H,15,16)(H2,12,13,17). The van der Waals surface area contributed by atoms with Gasteiger partial charge in [-0.3, -0.25) is 0 Å². The molecule has 0 fully saturated rings. The van der Waals surface area contributed by atoms with Crippen LogP contribution in [0.5, 0.6) is 0 Å². The number of carboxylic acid groups (broad SMARTS) is 1. The lowest BCUT2D eigenvalue weighted by molar-refractivity contribution is -0.139. The Kier molecular flexibility index (Phi) is 8.57. The van der Waals surface area contributed by atoms with Crippen LogP contribution in [0.1, 0.15) is 13.3 Å². The Balaban J connectivity index is 4.06. The Bertz CT molecular complexity index is 274. The first kappa shape index (κ1) is 17.1. The fourth-order valence-corrected chi connectivity index (χ4v) is 1.60. The van der Waals surface area contributed by atoms with Gasteiger partial charge in [0.05, 0.1) is 0 Å². The molecule has 0 saturated carbocycles. The molecule has 0 spiro atoms. The minimum Gasteiger partial charge on any atom is -0.480 e. The highest BCUT2D eigenvalue weighted by molar-refractivity contribution is 7.98. The molecule has 106 valence electrons. The molecular formula is C11H23N3O3S. The Hall–Kier alpha value is -0.950. The molecule has 0 aromatic rings. The van der Waals surface area contributed by atoms with Crippen LogP contribution in [0.15, 0.2) is 0 Å². The van der Waals surface area contributed by atoms with Gasteiger partial charge >= 0.3 is 12.0 Å². The molecule has 2 amide bonds. The second-order valence-electron chi connectivity index (χ2n) is 4.34. The van der Waals surface area contributed by atoms with Crippen LogP contribution < -0.4 is 10.6 Å². The monoisotopic (exact) mass is 277 g/mol. The van der Waals surface area contributed by atoms with E-state index in [1.807, 2.05) is 32.2 Å². The summed E-state index contributed by atoms with van der Waals surface area (Å²) in [4.78, 5) is 24.4. The normalized spacial score (nSPS) is 14.1. The van der Waals surface area contributed by atoms with Crippen LogP contribution in [-0.4, -0.2) is 66.7 Å². The number of carboxylic acids is 1. The molecule has 0 radical (unpaired) electrons. The van der Waals surface area contributed by atoms with E-state index in [1.165, 1.54) is 0 Å². The van der Waals surface area contributed by atoms with Crippen LogP contribution in [0.4, 0.5) is 4.79 Å². The van der Waals surface area contributed by atoms with Crippen molar-refractivity contribution in [1.29, 1.82) is 0 Å². The van der Waals surface area contributed by atoms with Crippen molar-refractivity contribution in [3.8, 4) is 0 Å². The highest BCUT2D eigenvalue weighted by atomic mass is 32.2. The fourth-order valence-electron chi connectivity index (χ4n) is 1.13. The van der Waals surface area contributed by atoms with Gasteiger partial charge in [0.15, 0.2) is 0 Å². The van der Waals surface area contributed by atoms with E-state index in [9.17, 15) is 9.59 Å². The first-order valence-electron chi connectivity index (χ1n) is 5.81. The van der Waals surface area contributed by atoms with Crippen molar-refractivity contribution in [2.75, 3.05) is 32.6 Å². The van der Waals surface area contributed by atoms with Gasteiger partial charge in [-0.05, 0) is 39.4 Å². The van der Waals surface area contributed by atoms with Gasteiger partial charge in [0.2, 0.25) is 0 Å². The summed E-state index contributed by atoms with van der Waals surface area (Å²) in [5.41, 5.74) is 0. The van der Waals surface area contributed by atoms with Crippen LogP contribution in [0, 0.1) is 0 Å². The molecule has 2 unspecified atom stereocenters. The maximum atomic E-state index is 11.5. The molecule has 6 nitrogen and oxygen atoms in total. The number of carbonyl (C=O) groups excluding carboxylic acids is 1. The van der Waals surface area contributed by atoms with Crippen LogP contribution in [0.3, 0.4) is 0 Å². The van der Waals surface area contributed by atoms with Gasteiger partial charge in [0.25, 0.3) is 0 Å². The largest absolute Gasteiger partial charge is 0.480 e. The topological polar surface area (TPSA) is 81.7 Å². The Labute approximate surface area is 112 Å². The zero-order valence-electron chi connectivity index (χ0n) is 11.4. The number of nitrogens with one attached hydrogen (secondary N) is 2. The lowest BCUT2D eigenvalue weighted by atomic mass is 10.2. The molecule has 18 heavy (non-hydrogen) atoms. The maximum Gasteiger partial charge on any atom is 0.326 e. The number of amides is 2. The second kappa shape index (κ2) is 9.04. The van der Waals surface area contributed by atoms with Gasteiger partial charge < -0.3 is 20.6 Å². The number of carbonyl (C=O) groups is 2. The number of thioether (sulfide) groups is 1. The zero-order chi connectivity index (χ0) is 14.1. The van der Waals surface area contributed by atoms with E-state index < -0.39 is 18.0 Å². The number of likely N-dealkylation sites (N-methyl/N-ethyl adjacent to an activating group) is 1. The summed E-state index contributed by atoms with van der Waals surface area (Å²) in [6.45, 7) is 2.45. The summed E-state index contributed by atoms with van der Waals surface area (Å²) in [5, 5.41) is 14.1. The third-order valence-electron chi connectivity index (χ3n) is 2.65. The van der Waals surface area contributed by atoms with Crippen molar-refractivity contribution in [3.05, 3.63) is 0 Å². The first-order valence-corrected chi connectivity index (χ1v) is 7.20. The summed E-state index contributed by atoms with van der Waals surface area (Å²) in [7, 11) is 3.84. The van der Waals surface area contributed by atoms with Crippen LogP contribution >= 0.6 is 11.8 Å². The third-order valence-corrected chi connectivity index (χ3v) is 3.30. The second-order valence-corrected chi connectivity index (χ2v) is 5.32. The molecule has 0 aliphatic carbocycles. The number of hydrogen-bond donors (Lipinski definition) is 3. The van der Waals surface area contributed by atoms with E-state index in [1.54, 1.807) is 11.8 Å². The van der Waals surface area contributed by atoms with E-state index in [0.29, 0.717) is 18.7 Å². The van der Waals surface area contributed by atoms with Crippen LogP contribution in [0.25, 0.3) is 0 Å². The Morgan fingerprint density at radius 3 is 2.44 bits per heavy atom. The van der Waals surface area contributed by atoms with Gasteiger partial charge in [-0.2, -0.15) is 11.8 Å². The maximum absolute atomic E-state index is 11.5. The van der Waals surface area contributed by atoms with E-state index >= 15 is 0 Å². The number of nitrogens with zero attached hydrogens (tertiary/aromatic N) is 1. The van der Waals surface area contributed by atoms with Crippen molar-refractivity contribution in [2.24, 2.45) is 0 Å². The first-order chi connectivity index (χ1) is 8.38. The van der Waals surface area contributed by atoms with Crippen molar-refractivity contribution in [3.63, 3.8) is 0 Å². The van der Waals surface area contributed by atoms with E-state index in [2.05, 4.69) is 10.6 Å². The summed E-state index contributed by atoms with van der Waals surface area (Å²) < 4.78 is 0. The van der Waals surface area contributed by atoms with Crippen molar-refractivity contribution >= 4 is 23.8 Å². The molecule has 0 aromatic heterocycles. The predicted molar refractivity (Wildman–Crippen MR) is 74.1 cm³/mol. The fraction of sp³-hybridized carbons (Fsp3) is 0.818. The van der Waals surface area contributed by atoms with Gasteiger partial charge in [-0.25, -0.2) is 9.59 Å². The van der Waals surface area contributed by atoms with Crippen molar-refractivity contribution in [1.82, 2.24) is 15.5 Å². The number of rotatable bonds is 8. The molecule has 7 heteroatoms. The van der Waals surface area contributed by atoms with E-state index in [4.69, 9.17) is 5.11 Å². The lowest BCUT2D eigenvalue weighted by Crippen LogP contribution is -2.49. The average Bonchev–Trinajstić information content (AvgIpc) is 2.30. The molecule has 0 aliphatic rings. The molecule has 0 saturated heterocycles. The molecular weight excluding hydrogens is 254 g/mol. The zero-order valence-corrected chi connectivity index (χ0v) is 12.2. The highest BCUT2D eigenvalue weighted by Crippen LogP contribution is 2.00. The van der Waals surface area contributed by atoms with E-state index in [-0.39, 0.29) is 6.04 Å². The quantitative estimate of drug-likeness (QED) is 0.600. The summed E-state index contributed by atoms with van der Waals surface area (Å²) in [5.74, 6) is -0.300. The van der Waals surface area contributed by atoms with Gasteiger partial charge in [0.1, 0.15) is 6.04 Å². The highest BCUT2D eigenvalue weighted by Gasteiger charge is 2.19. The Morgan fingerprint density at radius 2 is 2.00 bits per heavy atom.